The van der Waals surface area contributed by atoms with Crippen molar-refractivity contribution in [1.29, 1.82) is 0 Å². The standard InChI is InChI=1S/C40H60ClN7O10/c1-13-21(14-2)27(47-20(4)49)26-24(45-19(3)46-36(52)57-38(5,6)7)15-22(31(26)50)35(51)54-17-25-32-33(56-40(11,12)55-32)30(48(25)37(53)58-39(8,9)10)23-16-42-29-28(23)43-18-44-34(29)41/h16,18,21-22,24-27,30-33,42,50H,13-15,17H2,1-12H3,(H,47,49)(H,45,46,52)/t22-,24+,25+,26+,27-,30-,31+,32+,33-/m0/s1. The minimum absolute atomic E-state index is 0.0474. The molecule has 2 aromatic rings. The second kappa shape index (κ2) is 17.3. The number of aromatic amines is 1. The van der Waals surface area contributed by atoms with Crippen molar-refractivity contribution < 1.29 is 48.0 Å². The van der Waals surface area contributed by atoms with Crippen molar-refractivity contribution in [3.05, 3.63) is 23.2 Å². The maximum absolute atomic E-state index is 14.3. The van der Waals surface area contributed by atoms with Crippen LogP contribution in [0.15, 0.2) is 17.5 Å². The minimum Gasteiger partial charge on any atom is -0.463 e. The van der Waals surface area contributed by atoms with E-state index in [0.29, 0.717) is 29.4 Å². The molecule has 0 radical (unpaired) electrons. The molecule has 0 unspecified atom stereocenters. The number of aliphatic hydroxyl groups excluding tert-OH is 1. The monoisotopic (exact) mass is 833 g/mol. The number of hydrogen-bond donors (Lipinski definition) is 4. The fourth-order valence-corrected chi connectivity index (χ4v) is 8.73. The van der Waals surface area contributed by atoms with Gasteiger partial charge >= 0.3 is 18.2 Å². The van der Waals surface area contributed by atoms with Crippen LogP contribution in [0.4, 0.5) is 9.59 Å². The molecule has 0 spiro atoms. The number of rotatable bonds is 10. The summed E-state index contributed by atoms with van der Waals surface area (Å²) in [5.41, 5.74) is -0.124. The molecule has 4 heterocycles. The van der Waals surface area contributed by atoms with Crippen LogP contribution in [0.2, 0.25) is 5.15 Å². The van der Waals surface area contributed by atoms with Crippen molar-refractivity contribution in [2.75, 3.05) is 6.61 Å². The average molecular weight is 834 g/mol. The van der Waals surface area contributed by atoms with Crippen LogP contribution in [0.1, 0.15) is 114 Å². The van der Waals surface area contributed by atoms with Crippen molar-refractivity contribution in [3.8, 4) is 0 Å². The van der Waals surface area contributed by atoms with E-state index in [2.05, 4.69) is 25.6 Å². The number of aliphatic hydroxyl groups is 1. The average Bonchev–Trinajstić information content (AvgIpc) is 3.81. The van der Waals surface area contributed by atoms with Gasteiger partial charge in [0.2, 0.25) is 5.91 Å². The molecular weight excluding hydrogens is 774 g/mol. The van der Waals surface area contributed by atoms with E-state index in [-0.39, 0.29) is 35.8 Å². The molecule has 3 amide bonds. The first kappa shape index (κ1) is 45.0. The van der Waals surface area contributed by atoms with Gasteiger partial charge in [-0.2, -0.15) is 0 Å². The van der Waals surface area contributed by atoms with E-state index >= 15 is 0 Å². The lowest BCUT2D eigenvalue weighted by Gasteiger charge is -2.36. The molecule has 2 aliphatic heterocycles. The van der Waals surface area contributed by atoms with Crippen molar-refractivity contribution >= 4 is 52.5 Å². The Balaban J connectivity index is 1.48. The normalized spacial score (nSPS) is 27.7. The third kappa shape index (κ3) is 10.0. The SMILES string of the molecule is CCC(CC)[C@H](NC(C)=O)[C@@H]1[C@H](O)[C@@H](C(=O)OC[C@@H]2[C@H]3OC(C)(C)O[C@H]3[C@H](c3c[nH]c4c(Cl)ncnc34)N2C(=O)OC(C)(C)C)C[C@H]1N=C(C)NC(=O)OC(C)(C)C. The summed E-state index contributed by atoms with van der Waals surface area (Å²) in [5.74, 6) is -3.72. The van der Waals surface area contributed by atoms with Gasteiger partial charge in [-0.1, -0.05) is 38.3 Å². The lowest BCUT2D eigenvalue weighted by Crippen LogP contribution is -2.51. The highest BCUT2D eigenvalue weighted by Crippen LogP contribution is 2.49. The second-order valence-corrected chi connectivity index (χ2v) is 18.2. The molecule has 2 aromatic heterocycles. The number of amides is 3. The molecule has 5 rings (SSSR count). The summed E-state index contributed by atoms with van der Waals surface area (Å²) in [6, 6.07) is -2.98. The molecule has 2 saturated heterocycles. The van der Waals surface area contributed by atoms with Crippen LogP contribution in [0, 0.1) is 17.8 Å². The molecule has 18 heteroatoms. The minimum atomic E-state index is -1.29. The Hall–Kier alpha value is -4.06. The maximum atomic E-state index is 14.3. The lowest BCUT2D eigenvalue weighted by molar-refractivity contribution is -0.173. The van der Waals surface area contributed by atoms with Gasteiger partial charge < -0.3 is 39.1 Å². The quantitative estimate of drug-likeness (QED) is 0.0759. The van der Waals surface area contributed by atoms with Crippen LogP contribution < -0.4 is 10.6 Å². The number of carbonyl (C=O) groups excluding carboxylic acids is 4. The third-order valence-corrected chi connectivity index (χ3v) is 11.0. The van der Waals surface area contributed by atoms with Crippen LogP contribution in [0.5, 0.6) is 0 Å². The maximum Gasteiger partial charge on any atom is 0.413 e. The van der Waals surface area contributed by atoms with Crippen LogP contribution in [-0.2, 0) is 33.3 Å². The molecule has 17 nitrogen and oxygen atoms in total. The van der Waals surface area contributed by atoms with Crippen molar-refractivity contribution in [3.63, 3.8) is 0 Å². The third-order valence-electron chi connectivity index (χ3n) is 10.7. The molecule has 3 fully saturated rings. The number of fused-ring (bicyclic) bond motifs is 2. The number of nitrogens with one attached hydrogen (secondary N) is 3. The van der Waals surface area contributed by atoms with E-state index in [9.17, 15) is 24.3 Å². The molecule has 1 saturated carbocycles. The number of aliphatic imine (C=N–C) groups is 1. The smallest absolute Gasteiger partial charge is 0.413 e. The highest BCUT2D eigenvalue weighted by Gasteiger charge is 2.61. The zero-order valence-corrected chi connectivity index (χ0v) is 36.3. The molecule has 0 aromatic carbocycles. The first-order valence-electron chi connectivity index (χ1n) is 20.0. The van der Waals surface area contributed by atoms with E-state index in [1.54, 1.807) is 68.5 Å². The molecule has 0 bridgehead atoms. The van der Waals surface area contributed by atoms with E-state index < -0.39 is 89.5 Å². The topological polar surface area (TPSA) is 216 Å². The van der Waals surface area contributed by atoms with Gasteiger partial charge in [0, 0.05) is 30.6 Å². The first-order valence-corrected chi connectivity index (χ1v) is 20.3. The van der Waals surface area contributed by atoms with Gasteiger partial charge in [-0.15, -0.1) is 0 Å². The number of halogens is 1. The van der Waals surface area contributed by atoms with Crippen molar-refractivity contribution in [1.82, 2.24) is 30.5 Å². The highest BCUT2D eigenvalue weighted by molar-refractivity contribution is 6.33. The number of amidine groups is 1. The summed E-state index contributed by atoms with van der Waals surface area (Å²) in [4.78, 5) is 71.6. The molecule has 4 N–H and O–H groups in total. The number of carbonyl (C=O) groups is 4. The summed E-state index contributed by atoms with van der Waals surface area (Å²) in [5, 5.41) is 17.9. The molecule has 9 atom stereocenters. The summed E-state index contributed by atoms with van der Waals surface area (Å²) in [7, 11) is 0. The van der Waals surface area contributed by atoms with E-state index in [1.165, 1.54) is 18.2 Å². The first-order chi connectivity index (χ1) is 26.9. The van der Waals surface area contributed by atoms with E-state index in [1.807, 2.05) is 13.8 Å². The summed E-state index contributed by atoms with van der Waals surface area (Å²) in [6.07, 6.45) is 0.228. The number of nitrogens with zero attached hydrogens (tertiary/aromatic N) is 4. The lowest BCUT2D eigenvalue weighted by atomic mass is 9.80. The van der Waals surface area contributed by atoms with E-state index in [4.69, 9.17) is 40.3 Å². The van der Waals surface area contributed by atoms with Gasteiger partial charge in [-0.25, -0.2) is 19.6 Å². The van der Waals surface area contributed by atoms with Gasteiger partial charge in [0.25, 0.3) is 0 Å². The predicted octanol–water partition coefficient (Wildman–Crippen LogP) is 5.58. The molecule has 58 heavy (non-hydrogen) atoms. The number of H-pyrrole nitrogens is 1. The van der Waals surface area contributed by atoms with Crippen molar-refractivity contribution in [2.24, 2.45) is 22.7 Å². The van der Waals surface area contributed by atoms with Crippen LogP contribution in [0.3, 0.4) is 0 Å². The van der Waals surface area contributed by atoms with Gasteiger partial charge in [0.05, 0.1) is 35.7 Å². The van der Waals surface area contributed by atoms with Crippen molar-refractivity contribution in [2.45, 2.75) is 162 Å². The Morgan fingerprint density at radius 1 is 1.05 bits per heavy atom. The van der Waals surface area contributed by atoms with Crippen LogP contribution in [-0.4, -0.2) is 115 Å². The Kier molecular flexibility index (Phi) is 13.4. The zero-order valence-electron chi connectivity index (χ0n) is 35.5. The highest BCUT2D eigenvalue weighted by atomic mass is 35.5. The summed E-state index contributed by atoms with van der Waals surface area (Å²) < 4.78 is 30.2. The zero-order chi connectivity index (χ0) is 43.1. The predicted molar refractivity (Wildman–Crippen MR) is 214 cm³/mol. The second-order valence-electron chi connectivity index (χ2n) is 17.8. The summed E-state index contributed by atoms with van der Waals surface area (Å²) in [6.45, 7) is 20.6. The van der Waals surface area contributed by atoms with Gasteiger partial charge in [0.1, 0.15) is 47.7 Å². The Bertz CT molecular complexity index is 1870. The van der Waals surface area contributed by atoms with Gasteiger partial charge in [0.15, 0.2) is 10.9 Å². The Morgan fingerprint density at radius 2 is 1.69 bits per heavy atom. The van der Waals surface area contributed by atoms with Crippen LogP contribution in [0.25, 0.3) is 11.0 Å². The molecule has 1 aliphatic carbocycles. The number of hydrogen-bond acceptors (Lipinski definition) is 13. The number of likely N-dealkylation sites (tertiary alicyclic amines) is 1. The number of alkyl carbamates (subject to hydrolysis) is 1. The molecule has 322 valence electrons. The number of ether oxygens (including phenoxy) is 5. The Labute approximate surface area is 344 Å². The Morgan fingerprint density at radius 3 is 2.29 bits per heavy atom. The van der Waals surface area contributed by atoms with E-state index in [0.717, 1.165) is 0 Å². The number of esters is 1. The fourth-order valence-electron chi connectivity index (χ4n) is 8.55. The van der Waals surface area contributed by atoms with Gasteiger partial charge in [-0.05, 0) is 74.7 Å². The largest absolute Gasteiger partial charge is 0.463 e. The van der Waals surface area contributed by atoms with Gasteiger partial charge in [-0.3, -0.25) is 24.8 Å². The summed E-state index contributed by atoms with van der Waals surface area (Å²) >= 11 is 6.40. The molecular formula is C40H60ClN7O10. The fraction of sp³-hybridized carbons (Fsp3) is 0.725. The van der Waals surface area contributed by atoms with Crippen LogP contribution >= 0.6 is 11.6 Å². The molecule has 3 aliphatic rings. The number of aromatic nitrogens is 3.